The van der Waals surface area contributed by atoms with Crippen LogP contribution in [0.25, 0.3) is 0 Å². The molecule has 1 unspecified atom stereocenters. The van der Waals surface area contributed by atoms with E-state index in [9.17, 15) is 9.90 Å². The van der Waals surface area contributed by atoms with Crippen molar-refractivity contribution in [1.82, 2.24) is 0 Å². The Morgan fingerprint density at radius 3 is 2.72 bits per heavy atom. The molecule has 0 heterocycles. The lowest BCUT2D eigenvalue weighted by Gasteiger charge is -2.14. The average Bonchev–Trinajstić information content (AvgIpc) is 2.38. The molecule has 1 N–H and O–H groups in total. The SMILES string of the molecule is COc1ccccc1CC(C/C(C)=C/Cl)C(=O)O. The van der Waals surface area contributed by atoms with E-state index >= 15 is 0 Å². The summed E-state index contributed by atoms with van der Waals surface area (Å²) in [6, 6.07) is 7.45. The van der Waals surface area contributed by atoms with Gasteiger partial charge < -0.3 is 9.84 Å². The summed E-state index contributed by atoms with van der Waals surface area (Å²) >= 11 is 5.58. The zero-order valence-electron chi connectivity index (χ0n) is 10.5. The zero-order chi connectivity index (χ0) is 13.5. The van der Waals surface area contributed by atoms with Gasteiger partial charge in [-0.25, -0.2) is 0 Å². The fourth-order valence-corrected chi connectivity index (χ4v) is 1.91. The first kappa shape index (κ1) is 14.6. The van der Waals surface area contributed by atoms with E-state index in [1.165, 1.54) is 5.54 Å². The minimum atomic E-state index is -0.821. The maximum Gasteiger partial charge on any atom is 0.307 e. The number of carboxylic acids is 1. The van der Waals surface area contributed by atoms with Gasteiger partial charge in [0.1, 0.15) is 5.75 Å². The number of hydrogen-bond donors (Lipinski definition) is 1. The van der Waals surface area contributed by atoms with Crippen molar-refractivity contribution in [3.05, 3.63) is 40.9 Å². The molecule has 0 saturated heterocycles. The van der Waals surface area contributed by atoms with Gasteiger partial charge in [-0.3, -0.25) is 4.79 Å². The summed E-state index contributed by atoms with van der Waals surface area (Å²) in [5.41, 5.74) is 3.19. The molecule has 0 bridgehead atoms. The minimum absolute atomic E-state index is 0.432. The maximum atomic E-state index is 11.2. The van der Waals surface area contributed by atoms with Gasteiger partial charge in [0.05, 0.1) is 13.0 Å². The van der Waals surface area contributed by atoms with Gasteiger partial charge in [0.15, 0.2) is 0 Å². The number of allylic oxidation sites excluding steroid dienone is 1. The van der Waals surface area contributed by atoms with E-state index in [2.05, 4.69) is 0 Å². The van der Waals surface area contributed by atoms with Crippen LogP contribution in [0.1, 0.15) is 18.9 Å². The largest absolute Gasteiger partial charge is 0.496 e. The molecule has 0 fully saturated rings. The van der Waals surface area contributed by atoms with Gasteiger partial charge in [0, 0.05) is 5.54 Å². The molecule has 0 amide bonds. The summed E-state index contributed by atoms with van der Waals surface area (Å²) in [4.78, 5) is 11.2. The van der Waals surface area contributed by atoms with Crippen LogP contribution in [0.2, 0.25) is 0 Å². The van der Waals surface area contributed by atoms with Crippen LogP contribution in [0.3, 0.4) is 0 Å². The number of para-hydroxylation sites is 1. The van der Waals surface area contributed by atoms with Crippen LogP contribution in [-0.4, -0.2) is 18.2 Å². The highest BCUT2D eigenvalue weighted by Crippen LogP contribution is 2.24. The van der Waals surface area contributed by atoms with Gasteiger partial charge in [0.2, 0.25) is 0 Å². The van der Waals surface area contributed by atoms with Crippen LogP contribution >= 0.6 is 11.6 Å². The molecule has 1 rings (SSSR count). The van der Waals surface area contributed by atoms with E-state index in [4.69, 9.17) is 16.3 Å². The smallest absolute Gasteiger partial charge is 0.307 e. The second kappa shape index (κ2) is 7.07. The first-order valence-electron chi connectivity index (χ1n) is 5.69. The zero-order valence-corrected chi connectivity index (χ0v) is 11.3. The van der Waals surface area contributed by atoms with Gasteiger partial charge in [0.25, 0.3) is 0 Å². The summed E-state index contributed by atoms with van der Waals surface area (Å²) in [5, 5.41) is 9.23. The lowest BCUT2D eigenvalue weighted by molar-refractivity contribution is -0.141. The van der Waals surface area contributed by atoms with Crippen molar-refractivity contribution in [2.75, 3.05) is 7.11 Å². The molecular formula is C14H17ClO3. The van der Waals surface area contributed by atoms with Crippen molar-refractivity contribution in [3.63, 3.8) is 0 Å². The third-order valence-electron chi connectivity index (χ3n) is 2.76. The molecule has 1 aromatic carbocycles. The summed E-state index contributed by atoms with van der Waals surface area (Å²) in [5.74, 6) is -0.591. The van der Waals surface area contributed by atoms with E-state index in [1.54, 1.807) is 7.11 Å². The Hall–Kier alpha value is -1.48. The van der Waals surface area contributed by atoms with E-state index in [0.717, 1.165) is 16.9 Å². The molecule has 0 aliphatic rings. The third-order valence-corrected chi connectivity index (χ3v) is 3.14. The van der Waals surface area contributed by atoms with Gasteiger partial charge in [-0.05, 0) is 31.4 Å². The van der Waals surface area contributed by atoms with Crippen LogP contribution in [-0.2, 0) is 11.2 Å². The molecular weight excluding hydrogens is 252 g/mol. The van der Waals surface area contributed by atoms with Gasteiger partial charge in [-0.2, -0.15) is 0 Å². The lowest BCUT2D eigenvalue weighted by atomic mass is 9.93. The van der Waals surface area contributed by atoms with Gasteiger partial charge in [-0.1, -0.05) is 35.4 Å². The normalized spacial score (nSPS) is 13.2. The molecule has 3 nitrogen and oxygen atoms in total. The average molecular weight is 269 g/mol. The third kappa shape index (κ3) is 4.08. The molecule has 98 valence electrons. The molecule has 1 atom stereocenters. The van der Waals surface area contributed by atoms with Crippen molar-refractivity contribution in [2.45, 2.75) is 19.8 Å². The number of aliphatic carboxylic acids is 1. The summed E-state index contributed by atoms with van der Waals surface area (Å²) in [7, 11) is 1.58. The van der Waals surface area contributed by atoms with Crippen LogP contribution < -0.4 is 4.74 Å². The van der Waals surface area contributed by atoms with Crippen molar-refractivity contribution in [2.24, 2.45) is 5.92 Å². The first-order valence-corrected chi connectivity index (χ1v) is 6.12. The molecule has 18 heavy (non-hydrogen) atoms. The predicted octanol–water partition coefficient (Wildman–Crippen LogP) is 3.47. The number of benzene rings is 1. The van der Waals surface area contributed by atoms with Crippen LogP contribution in [0.4, 0.5) is 0 Å². The van der Waals surface area contributed by atoms with Gasteiger partial charge >= 0.3 is 5.97 Å². The topological polar surface area (TPSA) is 46.5 Å². The Morgan fingerprint density at radius 1 is 1.50 bits per heavy atom. The van der Waals surface area contributed by atoms with Crippen molar-refractivity contribution in [1.29, 1.82) is 0 Å². The number of carboxylic acid groups (broad SMARTS) is 1. The highest BCUT2D eigenvalue weighted by Gasteiger charge is 2.20. The summed E-state index contributed by atoms with van der Waals surface area (Å²) in [6.07, 6.45) is 0.873. The van der Waals surface area contributed by atoms with E-state index < -0.39 is 11.9 Å². The predicted molar refractivity (Wildman–Crippen MR) is 72.1 cm³/mol. The Balaban J connectivity index is 2.86. The molecule has 1 aromatic rings. The first-order chi connectivity index (χ1) is 8.58. The number of hydrogen-bond acceptors (Lipinski definition) is 2. The quantitative estimate of drug-likeness (QED) is 0.859. The fraction of sp³-hybridized carbons (Fsp3) is 0.357. The van der Waals surface area contributed by atoms with E-state index in [0.29, 0.717) is 12.8 Å². The molecule has 0 spiro atoms. The maximum absolute atomic E-state index is 11.2. The van der Waals surface area contributed by atoms with Crippen molar-refractivity contribution < 1.29 is 14.6 Å². The Bertz CT molecular complexity index is 440. The van der Waals surface area contributed by atoms with Crippen molar-refractivity contribution >= 4 is 17.6 Å². The number of methoxy groups -OCH3 is 1. The standard InChI is InChI=1S/C14H17ClO3/c1-10(9-15)7-12(14(16)17)8-11-5-3-4-6-13(11)18-2/h3-6,9,12H,7-8H2,1-2H3,(H,16,17)/b10-9+. The summed E-state index contributed by atoms with van der Waals surface area (Å²) in [6.45, 7) is 1.82. The lowest BCUT2D eigenvalue weighted by Crippen LogP contribution is -2.17. The fourth-order valence-electron chi connectivity index (χ4n) is 1.82. The molecule has 0 aromatic heterocycles. The van der Waals surface area contributed by atoms with Gasteiger partial charge in [-0.15, -0.1) is 0 Å². The molecule has 0 saturated carbocycles. The Morgan fingerprint density at radius 2 is 2.17 bits per heavy atom. The Labute approximate surface area is 112 Å². The molecule has 0 aliphatic heterocycles. The number of rotatable bonds is 6. The second-order valence-electron chi connectivity index (χ2n) is 4.21. The van der Waals surface area contributed by atoms with E-state index in [1.807, 2.05) is 31.2 Å². The monoisotopic (exact) mass is 268 g/mol. The highest BCUT2D eigenvalue weighted by molar-refractivity contribution is 6.25. The number of halogens is 1. The highest BCUT2D eigenvalue weighted by atomic mass is 35.5. The van der Waals surface area contributed by atoms with Crippen molar-refractivity contribution in [3.8, 4) is 5.75 Å². The summed E-state index contributed by atoms with van der Waals surface area (Å²) < 4.78 is 5.22. The Kier molecular flexibility index (Phi) is 5.72. The minimum Gasteiger partial charge on any atom is -0.496 e. The molecule has 4 heteroatoms. The van der Waals surface area contributed by atoms with Crippen LogP contribution in [0.5, 0.6) is 5.75 Å². The molecule has 0 radical (unpaired) electrons. The van der Waals surface area contributed by atoms with E-state index in [-0.39, 0.29) is 0 Å². The second-order valence-corrected chi connectivity index (χ2v) is 4.43. The molecule has 0 aliphatic carbocycles. The number of carbonyl (C=O) groups is 1. The van der Waals surface area contributed by atoms with Crippen LogP contribution in [0.15, 0.2) is 35.4 Å². The number of ether oxygens (including phenoxy) is 1. The van der Waals surface area contributed by atoms with Crippen LogP contribution in [0, 0.1) is 5.92 Å².